The third-order valence-electron chi connectivity index (χ3n) is 2.42. The molecule has 0 amide bonds. The lowest BCUT2D eigenvalue weighted by Gasteiger charge is -2.28. The molecule has 0 spiro atoms. The highest BCUT2D eigenvalue weighted by atomic mass is 28.4. The molecule has 3 nitrogen and oxygen atoms in total. The van der Waals surface area contributed by atoms with Gasteiger partial charge >= 0.3 is 0 Å². The molecule has 0 fully saturated rings. The van der Waals surface area contributed by atoms with Crippen molar-refractivity contribution in [3.63, 3.8) is 0 Å². The van der Waals surface area contributed by atoms with Crippen molar-refractivity contribution in [1.82, 2.24) is 0 Å². The van der Waals surface area contributed by atoms with Crippen LogP contribution in [0.15, 0.2) is 18.2 Å². The molecule has 0 atom stereocenters. The van der Waals surface area contributed by atoms with E-state index in [4.69, 9.17) is 13.9 Å². The third-order valence-corrected chi connectivity index (χ3v) is 3.54. The van der Waals surface area contributed by atoms with Gasteiger partial charge in [0.25, 0.3) is 0 Å². The van der Waals surface area contributed by atoms with Crippen molar-refractivity contribution >= 4 is 8.32 Å². The number of rotatable bonds is 4. The van der Waals surface area contributed by atoms with Gasteiger partial charge in [-0.15, -0.1) is 0 Å². The summed E-state index contributed by atoms with van der Waals surface area (Å²) in [6.45, 7) is 10.5. The smallest absolute Gasteiger partial charge is 0.185 e. The Kier molecular flexibility index (Phi) is 5.26. The standard InChI is InChI=1S/C16H24O3Si/c1-16(2,19-20(5,6)7)9-8-13-10-14(17-3)12-15(11-13)18-4/h10-12H,1-7H3. The molecule has 0 radical (unpaired) electrons. The molecule has 0 saturated carbocycles. The van der Waals surface area contributed by atoms with Crippen LogP contribution in [0.3, 0.4) is 0 Å². The van der Waals surface area contributed by atoms with Crippen molar-refractivity contribution in [2.75, 3.05) is 14.2 Å². The molecule has 0 saturated heterocycles. The molecule has 1 rings (SSSR count). The number of hydrogen-bond acceptors (Lipinski definition) is 3. The molecule has 0 unspecified atom stereocenters. The Balaban J connectivity index is 3.01. The van der Waals surface area contributed by atoms with Gasteiger partial charge in [0.05, 0.1) is 14.2 Å². The maximum Gasteiger partial charge on any atom is 0.185 e. The highest BCUT2D eigenvalue weighted by Crippen LogP contribution is 2.22. The first-order chi connectivity index (χ1) is 9.15. The van der Waals surface area contributed by atoms with Crippen LogP contribution in [0.2, 0.25) is 19.6 Å². The Labute approximate surface area is 123 Å². The Morgan fingerprint density at radius 3 is 1.85 bits per heavy atom. The minimum Gasteiger partial charge on any atom is -0.497 e. The van der Waals surface area contributed by atoms with Crippen molar-refractivity contribution in [2.45, 2.75) is 39.1 Å². The van der Waals surface area contributed by atoms with Gasteiger partial charge < -0.3 is 13.9 Å². The van der Waals surface area contributed by atoms with Crippen LogP contribution in [-0.2, 0) is 4.43 Å². The SMILES string of the molecule is COc1cc(C#CC(C)(C)O[Si](C)(C)C)cc(OC)c1. The maximum atomic E-state index is 6.06. The minimum absolute atomic E-state index is 0.458. The zero-order chi connectivity index (χ0) is 15.4. The number of benzene rings is 1. The highest BCUT2D eigenvalue weighted by molar-refractivity contribution is 6.69. The molecule has 110 valence electrons. The molecule has 1 aromatic carbocycles. The van der Waals surface area contributed by atoms with Gasteiger partial charge in [-0.3, -0.25) is 0 Å². The summed E-state index contributed by atoms with van der Waals surface area (Å²) in [5.41, 5.74) is 0.397. The van der Waals surface area contributed by atoms with Gasteiger partial charge in [-0.25, -0.2) is 0 Å². The third kappa shape index (κ3) is 5.68. The van der Waals surface area contributed by atoms with Crippen molar-refractivity contribution in [3.8, 4) is 23.3 Å². The van der Waals surface area contributed by atoms with Crippen molar-refractivity contribution < 1.29 is 13.9 Å². The van der Waals surface area contributed by atoms with E-state index >= 15 is 0 Å². The number of hydrogen-bond donors (Lipinski definition) is 0. The summed E-state index contributed by atoms with van der Waals surface area (Å²) < 4.78 is 16.5. The van der Waals surface area contributed by atoms with E-state index in [1.165, 1.54) is 0 Å². The average Bonchev–Trinajstić information content (AvgIpc) is 2.33. The van der Waals surface area contributed by atoms with Crippen molar-refractivity contribution in [2.24, 2.45) is 0 Å². The van der Waals surface area contributed by atoms with Gasteiger partial charge in [0, 0.05) is 11.6 Å². The first-order valence-corrected chi connectivity index (χ1v) is 10.0. The van der Waals surface area contributed by atoms with E-state index in [0.717, 1.165) is 17.1 Å². The molecule has 0 bridgehead atoms. The van der Waals surface area contributed by atoms with Crippen LogP contribution in [0, 0.1) is 11.8 Å². The second kappa shape index (κ2) is 6.34. The molecule has 0 N–H and O–H groups in total. The fraction of sp³-hybridized carbons (Fsp3) is 0.500. The van der Waals surface area contributed by atoms with E-state index in [9.17, 15) is 0 Å². The summed E-state index contributed by atoms with van der Waals surface area (Å²) in [5.74, 6) is 7.80. The molecule has 20 heavy (non-hydrogen) atoms. The molecule has 0 aliphatic heterocycles. The summed E-state index contributed by atoms with van der Waals surface area (Å²) in [6.07, 6.45) is 0. The fourth-order valence-electron chi connectivity index (χ4n) is 1.89. The van der Waals surface area contributed by atoms with Crippen LogP contribution >= 0.6 is 0 Å². The summed E-state index contributed by atoms with van der Waals surface area (Å²) in [5, 5.41) is 0. The molecular weight excluding hydrogens is 268 g/mol. The quantitative estimate of drug-likeness (QED) is 0.626. The van der Waals surface area contributed by atoms with E-state index in [0.29, 0.717) is 0 Å². The topological polar surface area (TPSA) is 27.7 Å². The van der Waals surface area contributed by atoms with E-state index < -0.39 is 13.9 Å². The zero-order valence-corrected chi connectivity index (χ0v) is 14.5. The molecule has 0 aromatic heterocycles. The molecular formula is C16H24O3Si. The van der Waals surface area contributed by atoms with Crippen molar-refractivity contribution in [1.29, 1.82) is 0 Å². The summed E-state index contributed by atoms with van der Waals surface area (Å²) >= 11 is 0. The summed E-state index contributed by atoms with van der Waals surface area (Å²) in [6, 6.07) is 5.61. The number of methoxy groups -OCH3 is 2. The monoisotopic (exact) mass is 292 g/mol. The minimum atomic E-state index is -1.62. The normalized spacial score (nSPS) is 11.6. The maximum absolute atomic E-state index is 6.06. The summed E-state index contributed by atoms with van der Waals surface area (Å²) in [7, 11) is 1.64. The Bertz CT molecular complexity index is 496. The van der Waals surface area contributed by atoms with Gasteiger partial charge in [0.1, 0.15) is 17.1 Å². The second-order valence-electron chi connectivity index (χ2n) is 6.08. The average molecular weight is 292 g/mol. The second-order valence-corrected chi connectivity index (χ2v) is 10.5. The molecule has 1 aromatic rings. The van der Waals surface area contributed by atoms with E-state index in [2.05, 4.69) is 31.5 Å². The Morgan fingerprint density at radius 2 is 1.45 bits per heavy atom. The predicted octanol–water partition coefficient (Wildman–Crippen LogP) is 3.69. The van der Waals surface area contributed by atoms with Crippen LogP contribution in [0.25, 0.3) is 0 Å². The van der Waals surface area contributed by atoms with Gasteiger partial charge in [-0.1, -0.05) is 11.8 Å². The lowest BCUT2D eigenvalue weighted by Crippen LogP contribution is -2.37. The van der Waals surface area contributed by atoms with Gasteiger partial charge in [0.15, 0.2) is 8.32 Å². The van der Waals surface area contributed by atoms with E-state index in [1.54, 1.807) is 14.2 Å². The largest absolute Gasteiger partial charge is 0.497 e. The molecule has 0 aliphatic rings. The molecule has 4 heteroatoms. The van der Waals surface area contributed by atoms with Gasteiger partial charge in [0.2, 0.25) is 0 Å². The van der Waals surface area contributed by atoms with Gasteiger partial charge in [-0.05, 0) is 45.6 Å². The first-order valence-electron chi connectivity index (χ1n) is 6.62. The lowest BCUT2D eigenvalue weighted by atomic mass is 10.1. The fourth-order valence-corrected chi connectivity index (χ4v) is 3.48. The van der Waals surface area contributed by atoms with E-state index in [-0.39, 0.29) is 0 Å². The van der Waals surface area contributed by atoms with Crippen LogP contribution < -0.4 is 9.47 Å². The van der Waals surface area contributed by atoms with E-state index in [1.807, 2.05) is 32.0 Å². The highest BCUT2D eigenvalue weighted by Gasteiger charge is 2.25. The predicted molar refractivity (Wildman–Crippen MR) is 84.9 cm³/mol. The Hall–Kier alpha value is -1.44. The van der Waals surface area contributed by atoms with Crippen LogP contribution in [0.1, 0.15) is 19.4 Å². The first kappa shape index (κ1) is 16.6. The molecule has 0 heterocycles. The number of ether oxygens (including phenoxy) is 2. The lowest BCUT2D eigenvalue weighted by molar-refractivity contribution is 0.164. The van der Waals surface area contributed by atoms with Crippen molar-refractivity contribution in [3.05, 3.63) is 23.8 Å². The zero-order valence-electron chi connectivity index (χ0n) is 13.5. The molecule has 0 aliphatic carbocycles. The van der Waals surface area contributed by atoms with Crippen LogP contribution in [0.4, 0.5) is 0 Å². The summed E-state index contributed by atoms with van der Waals surface area (Å²) in [4.78, 5) is 0. The van der Waals surface area contributed by atoms with Gasteiger partial charge in [-0.2, -0.15) is 0 Å². The van der Waals surface area contributed by atoms with Crippen LogP contribution in [0.5, 0.6) is 11.5 Å². The van der Waals surface area contributed by atoms with Crippen LogP contribution in [-0.4, -0.2) is 28.1 Å². The Morgan fingerprint density at radius 1 is 0.950 bits per heavy atom.